The molecular weight excluding hydrogens is 341 g/mol. The lowest BCUT2D eigenvalue weighted by Gasteiger charge is -2.17. The van der Waals surface area contributed by atoms with Crippen molar-refractivity contribution in [3.05, 3.63) is 83.4 Å². The van der Waals surface area contributed by atoms with Gasteiger partial charge in [0.05, 0.1) is 5.56 Å². The first-order chi connectivity index (χ1) is 12.5. The van der Waals surface area contributed by atoms with Crippen molar-refractivity contribution in [2.75, 3.05) is 0 Å². The monoisotopic (exact) mass is 354 g/mol. The number of benzene rings is 3. The summed E-state index contributed by atoms with van der Waals surface area (Å²) in [6, 6.07) is 16.7. The number of hydrogen-bond acceptors (Lipinski definition) is 2. The van der Waals surface area contributed by atoms with Gasteiger partial charge in [0, 0.05) is 16.7 Å². The molecule has 0 spiro atoms. The molecule has 26 heavy (non-hydrogen) atoms. The van der Waals surface area contributed by atoms with Crippen molar-refractivity contribution in [1.82, 2.24) is 0 Å². The molecule has 0 aliphatic carbocycles. The van der Waals surface area contributed by atoms with Crippen LogP contribution in [0.1, 0.15) is 26.3 Å². The third kappa shape index (κ3) is 3.28. The van der Waals surface area contributed by atoms with Crippen LogP contribution < -0.4 is 0 Å². The van der Waals surface area contributed by atoms with Crippen LogP contribution in [0.2, 0.25) is 0 Å². The Balaban J connectivity index is 2.39. The number of halogens is 3. The Hall–Kier alpha value is -3.21. The van der Waals surface area contributed by atoms with Crippen LogP contribution in [0.3, 0.4) is 0 Å². The summed E-state index contributed by atoms with van der Waals surface area (Å²) in [6.07, 6.45) is -3.46. The fraction of sp³-hybridized carbons (Fsp3) is 0.0476. The lowest BCUT2D eigenvalue weighted by atomic mass is 9.88. The molecule has 0 saturated heterocycles. The molecule has 5 heteroatoms. The van der Waals surface area contributed by atoms with Gasteiger partial charge in [-0.15, -0.1) is 0 Å². The van der Waals surface area contributed by atoms with Crippen molar-refractivity contribution < 1.29 is 22.8 Å². The first kappa shape index (κ1) is 17.6. The van der Waals surface area contributed by atoms with Crippen molar-refractivity contribution in [2.45, 2.75) is 6.18 Å². The summed E-state index contributed by atoms with van der Waals surface area (Å²) in [5.74, 6) is 0. The van der Waals surface area contributed by atoms with E-state index in [0.717, 1.165) is 12.1 Å². The SMILES string of the molecule is O=Cc1cccc(C=O)c1-c1cc(C(F)(F)F)ccc1-c1ccccc1. The molecule has 130 valence electrons. The summed E-state index contributed by atoms with van der Waals surface area (Å²) in [6.45, 7) is 0. The highest BCUT2D eigenvalue weighted by Gasteiger charge is 2.31. The molecule has 3 aromatic carbocycles. The van der Waals surface area contributed by atoms with Crippen LogP contribution in [0.15, 0.2) is 66.7 Å². The third-order valence-corrected chi connectivity index (χ3v) is 4.08. The van der Waals surface area contributed by atoms with Gasteiger partial charge in [0.2, 0.25) is 0 Å². The van der Waals surface area contributed by atoms with E-state index >= 15 is 0 Å². The van der Waals surface area contributed by atoms with Crippen molar-refractivity contribution in [1.29, 1.82) is 0 Å². The van der Waals surface area contributed by atoms with Gasteiger partial charge in [-0.3, -0.25) is 9.59 Å². The maximum Gasteiger partial charge on any atom is 0.416 e. The highest BCUT2D eigenvalue weighted by molar-refractivity contribution is 6.00. The lowest BCUT2D eigenvalue weighted by Crippen LogP contribution is -2.06. The Labute approximate surface area is 147 Å². The minimum absolute atomic E-state index is 0.158. The second-order valence-electron chi connectivity index (χ2n) is 5.67. The first-order valence-corrected chi connectivity index (χ1v) is 7.76. The van der Waals surface area contributed by atoms with E-state index in [9.17, 15) is 22.8 Å². The van der Waals surface area contributed by atoms with E-state index in [-0.39, 0.29) is 22.3 Å². The standard InChI is InChI=1S/C21H13F3O2/c22-21(23,24)17-9-10-18(14-5-2-1-3-6-14)19(11-17)20-15(12-25)7-4-8-16(20)13-26/h1-13H. The number of hydrogen-bond donors (Lipinski definition) is 0. The molecule has 0 N–H and O–H groups in total. The van der Waals surface area contributed by atoms with E-state index in [1.54, 1.807) is 30.3 Å². The summed E-state index contributed by atoms with van der Waals surface area (Å²) in [4.78, 5) is 22.9. The molecule has 0 fully saturated rings. The molecule has 0 unspecified atom stereocenters. The van der Waals surface area contributed by atoms with Gasteiger partial charge in [0.15, 0.2) is 12.6 Å². The fourth-order valence-electron chi connectivity index (χ4n) is 2.89. The number of rotatable bonds is 4. The van der Waals surface area contributed by atoms with Crippen LogP contribution in [-0.4, -0.2) is 12.6 Å². The topological polar surface area (TPSA) is 34.1 Å². The molecular formula is C21H13F3O2. The minimum atomic E-state index is -4.54. The second kappa shape index (κ2) is 6.96. The molecule has 0 atom stereocenters. The van der Waals surface area contributed by atoms with Crippen LogP contribution in [0.25, 0.3) is 22.3 Å². The lowest BCUT2D eigenvalue weighted by molar-refractivity contribution is -0.137. The van der Waals surface area contributed by atoms with Crippen LogP contribution in [-0.2, 0) is 6.18 Å². The van der Waals surface area contributed by atoms with Gasteiger partial charge >= 0.3 is 6.18 Å². The highest BCUT2D eigenvalue weighted by Crippen LogP contribution is 2.39. The zero-order valence-electron chi connectivity index (χ0n) is 13.5. The molecule has 3 rings (SSSR count). The number of alkyl halides is 3. The van der Waals surface area contributed by atoms with Gasteiger partial charge in [0.1, 0.15) is 0 Å². The Morgan fingerprint density at radius 1 is 0.692 bits per heavy atom. The average molecular weight is 354 g/mol. The Morgan fingerprint density at radius 2 is 1.31 bits per heavy atom. The van der Waals surface area contributed by atoms with Gasteiger partial charge in [-0.2, -0.15) is 13.2 Å². The maximum atomic E-state index is 13.2. The smallest absolute Gasteiger partial charge is 0.298 e. The molecule has 0 aromatic heterocycles. The molecule has 0 amide bonds. The van der Waals surface area contributed by atoms with E-state index in [1.807, 2.05) is 0 Å². The summed E-state index contributed by atoms with van der Waals surface area (Å²) in [7, 11) is 0. The predicted octanol–water partition coefficient (Wildman–Crippen LogP) is 5.66. The highest BCUT2D eigenvalue weighted by atomic mass is 19.4. The van der Waals surface area contributed by atoms with Crippen molar-refractivity contribution in [2.24, 2.45) is 0 Å². The van der Waals surface area contributed by atoms with Crippen LogP contribution in [0.5, 0.6) is 0 Å². The van der Waals surface area contributed by atoms with Gasteiger partial charge in [-0.1, -0.05) is 54.6 Å². The van der Waals surface area contributed by atoms with Crippen LogP contribution in [0.4, 0.5) is 13.2 Å². The predicted molar refractivity (Wildman–Crippen MR) is 93.1 cm³/mol. The second-order valence-corrected chi connectivity index (χ2v) is 5.67. The Kier molecular flexibility index (Phi) is 4.71. The average Bonchev–Trinajstić information content (AvgIpc) is 2.66. The summed E-state index contributed by atoms with van der Waals surface area (Å²) >= 11 is 0. The number of carbonyl (C=O) groups is 2. The zero-order chi connectivity index (χ0) is 18.7. The molecule has 0 saturated carbocycles. The van der Waals surface area contributed by atoms with Crippen molar-refractivity contribution >= 4 is 12.6 Å². The van der Waals surface area contributed by atoms with E-state index in [1.165, 1.54) is 24.3 Å². The molecule has 0 aliphatic rings. The molecule has 0 bridgehead atoms. The minimum Gasteiger partial charge on any atom is -0.298 e. The maximum absolute atomic E-state index is 13.2. The fourth-order valence-corrected chi connectivity index (χ4v) is 2.89. The van der Waals surface area contributed by atoms with Crippen LogP contribution >= 0.6 is 0 Å². The van der Waals surface area contributed by atoms with Crippen molar-refractivity contribution in [3.63, 3.8) is 0 Å². The number of aldehydes is 2. The van der Waals surface area contributed by atoms with Gasteiger partial charge in [-0.05, 0) is 28.8 Å². The van der Waals surface area contributed by atoms with Gasteiger partial charge in [-0.25, -0.2) is 0 Å². The molecule has 0 aliphatic heterocycles. The van der Waals surface area contributed by atoms with Gasteiger partial charge in [0.25, 0.3) is 0 Å². The molecule has 0 heterocycles. The Morgan fingerprint density at radius 3 is 1.85 bits per heavy atom. The third-order valence-electron chi connectivity index (χ3n) is 4.08. The van der Waals surface area contributed by atoms with Crippen LogP contribution in [0, 0.1) is 0 Å². The normalized spacial score (nSPS) is 11.2. The van der Waals surface area contributed by atoms with E-state index in [0.29, 0.717) is 23.7 Å². The molecule has 0 radical (unpaired) electrons. The molecule has 3 aromatic rings. The van der Waals surface area contributed by atoms with Gasteiger partial charge < -0.3 is 0 Å². The Bertz CT molecular complexity index is 934. The summed E-state index contributed by atoms with van der Waals surface area (Å²) < 4.78 is 39.7. The first-order valence-electron chi connectivity index (χ1n) is 7.76. The van der Waals surface area contributed by atoms with E-state index < -0.39 is 11.7 Å². The molecule has 2 nitrogen and oxygen atoms in total. The van der Waals surface area contributed by atoms with Crippen molar-refractivity contribution in [3.8, 4) is 22.3 Å². The quantitative estimate of drug-likeness (QED) is 0.566. The number of carbonyl (C=O) groups excluding carboxylic acids is 2. The largest absolute Gasteiger partial charge is 0.416 e. The van der Waals surface area contributed by atoms with E-state index in [2.05, 4.69) is 0 Å². The zero-order valence-corrected chi connectivity index (χ0v) is 13.5. The van der Waals surface area contributed by atoms with E-state index in [4.69, 9.17) is 0 Å². The summed E-state index contributed by atoms with van der Waals surface area (Å²) in [5, 5.41) is 0. The summed E-state index contributed by atoms with van der Waals surface area (Å²) in [5.41, 5.74) is 1.06.